The highest BCUT2D eigenvalue weighted by Crippen LogP contribution is 2.12. The standard InChI is InChI=1S/C15H15N3O/c1-12(11-19-14-7-3-2-4-8-14)18-15-13(10-16)6-5-9-17-15/h2-9,12H,11H2,1H3,(H,17,18). The van der Waals surface area contributed by atoms with Crippen LogP contribution in [-0.2, 0) is 0 Å². The van der Waals surface area contributed by atoms with Gasteiger partial charge in [0.05, 0.1) is 11.6 Å². The summed E-state index contributed by atoms with van der Waals surface area (Å²) in [5.41, 5.74) is 0.536. The summed E-state index contributed by atoms with van der Waals surface area (Å²) in [6.07, 6.45) is 1.66. The molecule has 4 nitrogen and oxygen atoms in total. The fraction of sp³-hybridized carbons (Fsp3) is 0.200. The number of pyridine rings is 1. The second kappa shape index (κ2) is 6.41. The maximum Gasteiger partial charge on any atom is 0.144 e. The Morgan fingerprint density at radius 2 is 2.05 bits per heavy atom. The molecule has 2 rings (SSSR count). The number of nitrogens with one attached hydrogen (secondary N) is 1. The first-order chi connectivity index (χ1) is 9.29. The molecule has 1 aromatic carbocycles. The van der Waals surface area contributed by atoms with Gasteiger partial charge in [0.25, 0.3) is 0 Å². The van der Waals surface area contributed by atoms with Crippen LogP contribution >= 0.6 is 0 Å². The molecule has 0 amide bonds. The van der Waals surface area contributed by atoms with Crippen molar-refractivity contribution in [2.24, 2.45) is 0 Å². The first kappa shape index (κ1) is 12.9. The quantitative estimate of drug-likeness (QED) is 0.890. The van der Waals surface area contributed by atoms with Crippen molar-refractivity contribution >= 4 is 5.82 Å². The maximum absolute atomic E-state index is 8.98. The molecule has 0 spiro atoms. The van der Waals surface area contributed by atoms with Crippen molar-refractivity contribution < 1.29 is 4.74 Å². The zero-order chi connectivity index (χ0) is 13.5. The fourth-order valence-electron chi connectivity index (χ4n) is 1.62. The van der Waals surface area contributed by atoms with Gasteiger partial charge in [-0.2, -0.15) is 5.26 Å². The van der Waals surface area contributed by atoms with Crippen LogP contribution in [0.25, 0.3) is 0 Å². The Morgan fingerprint density at radius 3 is 2.79 bits per heavy atom. The Hall–Kier alpha value is -2.54. The molecule has 0 aliphatic heterocycles. The van der Waals surface area contributed by atoms with Crippen molar-refractivity contribution in [3.63, 3.8) is 0 Å². The van der Waals surface area contributed by atoms with Crippen LogP contribution in [0.15, 0.2) is 48.7 Å². The highest BCUT2D eigenvalue weighted by molar-refractivity contribution is 5.51. The van der Waals surface area contributed by atoms with Gasteiger partial charge in [-0.3, -0.25) is 0 Å². The van der Waals surface area contributed by atoms with E-state index in [9.17, 15) is 0 Å². The summed E-state index contributed by atoms with van der Waals surface area (Å²) < 4.78 is 5.64. The van der Waals surface area contributed by atoms with Gasteiger partial charge >= 0.3 is 0 Å². The summed E-state index contributed by atoms with van der Waals surface area (Å²) in [6, 6.07) is 15.3. The number of para-hydroxylation sites is 1. The lowest BCUT2D eigenvalue weighted by Crippen LogP contribution is -2.24. The third kappa shape index (κ3) is 3.71. The highest BCUT2D eigenvalue weighted by atomic mass is 16.5. The van der Waals surface area contributed by atoms with E-state index in [2.05, 4.69) is 16.4 Å². The molecule has 0 radical (unpaired) electrons. The zero-order valence-corrected chi connectivity index (χ0v) is 10.7. The summed E-state index contributed by atoms with van der Waals surface area (Å²) >= 11 is 0. The number of nitrogens with zero attached hydrogens (tertiary/aromatic N) is 2. The van der Waals surface area contributed by atoms with Crippen molar-refractivity contribution in [1.82, 2.24) is 4.98 Å². The molecule has 1 N–H and O–H groups in total. The van der Waals surface area contributed by atoms with Crippen LogP contribution in [-0.4, -0.2) is 17.6 Å². The molecule has 0 saturated heterocycles. The summed E-state index contributed by atoms with van der Waals surface area (Å²) in [5.74, 6) is 1.42. The van der Waals surface area contributed by atoms with Crippen molar-refractivity contribution in [2.45, 2.75) is 13.0 Å². The van der Waals surface area contributed by atoms with Gasteiger partial charge < -0.3 is 10.1 Å². The number of hydrogen-bond acceptors (Lipinski definition) is 4. The molecular weight excluding hydrogens is 238 g/mol. The SMILES string of the molecule is CC(COc1ccccc1)Nc1ncccc1C#N. The second-order valence-electron chi connectivity index (χ2n) is 4.18. The summed E-state index contributed by atoms with van der Waals surface area (Å²) in [4.78, 5) is 4.16. The second-order valence-corrected chi connectivity index (χ2v) is 4.18. The molecule has 1 unspecified atom stereocenters. The third-order valence-electron chi connectivity index (χ3n) is 2.55. The van der Waals surface area contributed by atoms with Crippen molar-refractivity contribution in [3.05, 3.63) is 54.2 Å². The largest absolute Gasteiger partial charge is 0.491 e. The Labute approximate surface area is 112 Å². The smallest absolute Gasteiger partial charge is 0.144 e. The van der Waals surface area contributed by atoms with Crippen LogP contribution in [0.2, 0.25) is 0 Å². The number of aromatic nitrogens is 1. The van der Waals surface area contributed by atoms with Crippen LogP contribution in [0.5, 0.6) is 5.75 Å². The van der Waals surface area contributed by atoms with E-state index in [1.807, 2.05) is 37.3 Å². The molecule has 2 aromatic rings. The minimum absolute atomic E-state index is 0.0576. The van der Waals surface area contributed by atoms with Crippen LogP contribution in [0, 0.1) is 11.3 Å². The molecule has 96 valence electrons. The molecule has 1 heterocycles. The molecule has 4 heteroatoms. The van der Waals surface area contributed by atoms with Gasteiger partial charge in [0.15, 0.2) is 0 Å². The number of nitriles is 1. The van der Waals surface area contributed by atoms with Gasteiger partial charge in [-0.1, -0.05) is 18.2 Å². The van der Waals surface area contributed by atoms with Crippen LogP contribution in [0.4, 0.5) is 5.82 Å². The summed E-state index contributed by atoms with van der Waals surface area (Å²) in [6.45, 7) is 2.49. The summed E-state index contributed by atoms with van der Waals surface area (Å²) in [5, 5.41) is 12.2. The van der Waals surface area contributed by atoms with Gasteiger partial charge in [-0.25, -0.2) is 4.98 Å². The first-order valence-corrected chi connectivity index (χ1v) is 6.09. The topological polar surface area (TPSA) is 57.9 Å². The molecule has 0 saturated carbocycles. The van der Waals surface area contributed by atoms with E-state index in [0.717, 1.165) is 5.75 Å². The number of anilines is 1. The molecule has 0 bridgehead atoms. The third-order valence-corrected chi connectivity index (χ3v) is 2.55. The lowest BCUT2D eigenvalue weighted by atomic mass is 10.2. The van der Waals surface area contributed by atoms with Crippen LogP contribution in [0.3, 0.4) is 0 Å². The van der Waals surface area contributed by atoms with Crippen LogP contribution < -0.4 is 10.1 Å². The molecule has 0 aliphatic rings. The lowest BCUT2D eigenvalue weighted by molar-refractivity contribution is 0.303. The Bertz CT molecular complexity index is 563. The molecule has 1 aromatic heterocycles. The predicted octanol–water partition coefficient (Wildman–Crippen LogP) is 2.83. The Kier molecular flexibility index (Phi) is 4.35. The number of benzene rings is 1. The summed E-state index contributed by atoms with van der Waals surface area (Å²) in [7, 11) is 0. The monoisotopic (exact) mass is 253 g/mol. The van der Waals surface area contributed by atoms with Gasteiger partial charge in [0.2, 0.25) is 0 Å². The normalized spacial score (nSPS) is 11.4. The number of rotatable bonds is 5. The number of ether oxygens (including phenoxy) is 1. The molecular formula is C15H15N3O. The zero-order valence-electron chi connectivity index (χ0n) is 10.7. The predicted molar refractivity (Wildman–Crippen MR) is 74.0 cm³/mol. The average molecular weight is 253 g/mol. The van der Waals surface area contributed by atoms with E-state index < -0.39 is 0 Å². The van der Waals surface area contributed by atoms with Gasteiger partial charge in [0.1, 0.15) is 24.2 Å². The van der Waals surface area contributed by atoms with E-state index >= 15 is 0 Å². The minimum Gasteiger partial charge on any atom is -0.491 e. The van der Waals surface area contributed by atoms with Crippen molar-refractivity contribution in [3.8, 4) is 11.8 Å². The Morgan fingerprint density at radius 1 is 1.26 bits per heavy atom. The van der Waals surface area contributed by atoms with Gasteiger partial charge in [0, 0.05) is 6.20 Å². The fourth-order valence-corrected chi connectivity index (χ4v) is 1.62. The highest BCUT2D eigenvalue weighted by Gasteiger charge is 2.07. The van der Waals surface area contributed by atoms with E-state index in [4.69, 9.17) is 10.00 Å². The van der Waals surface area contributed by atoms with E-state index in [1.54, 1.807) is 18.3 Å². The lowest BCUT2D eigenvalue weighted by Gasteiger charge is -2.16. The average Bonchev–Trinajstić information content (AvgIpc) is 2.47. The van der Waals surface area contributed by atoms with Crippen LogP contribution in [0.1, 0.15) is 12.5 Å². The van der Waals surface area contributed by atoms with Crippen molar-refractivity contribution in [1.29, 1.82) is 5.26 Å². The van der Waals surface area contributed by atoms with Crippen molar-refractivity contribution in [2.75, 3.05) is 11.9 Å². The van der Waals surface area contributed by atoms with Gasteiger partial charge in [-0.05, 0) is 31.2 Å². The molecule has 0 aliphatic carbocycles. The molecule has 19 heavy (non-hydrogen) atoms. The minimum atomic E-state index is 0.0576. The van der Waals surface area contributed by atoms with E-state index in [-0.39, 0.29) is 6.04 Å². The Balaban J connectivity index is 1.91. The number of hydrogen-bond donors (Lipinski definition) is 1. The van der Waals surface area contributed by atoms with E-state index in [1.165, 1.54) is 0 Å². The van der Waals surface area contributed by atoms with E-state index in [0.29, 0.717) is 18.0 Å². The van der Waals surface area contributed by atoms with Gasteiger partial charge in [-0.15, -0.1) is 0 Å². The molecule has 0 fully saturated rings. The molecule has 1 atom stereocenters. The maximum atomic E-state index is 8.98. The first-order valence-electron chi connectivity index (χ1n) is 6.09.